The number of carbonyl (C=O) groups excluding carboxylic acids is 2. The molecule has 0 heterocycles. The van der Waals surface area contributed by atoms with E-state index in [0.29, 0.717) is 4.90 Å². The number of carbonyl (C=O) groups is 2. The number of benzene rings is 1. The summed E-state index contributed by atoms with van der Waals surface area (Å²) in [5.41, 5.74) is 2.17. The highest BCUT2D eigenvalue weighted by Gasteiger charge is 2.21. The highest BCUT2D eigenvalue weighted by Crippen LogP contribution is 2.13. The molecule has 0 radical (unpaired) electrons. The summed E-state index contributed by atoms with van der Waals surface area (Å²) in [6.45, 7) is 9.11. The van der Waals surface area contributed by atoms with Crippen LogP contribution in [0, 0.1) is 19.8 Å². The van der Waals surface area contributed by atoms with Crippen molar-refractivity contribution in [1.82, 2.24) is 5.32 Å². The molecule has 0 bridgehead atoms. The molecule has 2 unspecified atom stereocenters. The van der Waals surface area contributed by atoms with Gasteiger partial charge in [0.2, 0.25) is 5.91 Å². The maximum Gasteiger partial charge on any atom is 0.233 e. The Hall–Kier alpha value is -1.49. The lowest BCUT2D eigenvalue weighted by Gasteiger charge is -2.19. The topological polar surface area (TPSA) is 63.2 Å². The molecule has 2 atom stereocenters. The van der Waals surface area contributed by atoms with Gasteiger partial charge in [-0.1, -0.05) is 19.9 Å². The Labute approximate surface area is 128 Å². The summed E-state index contributed by atoms with van der Waals surface area (Å²) in [6.07, 6.45) is 0. The first-order valence-corrected chi connectivity index (χ1v) is 8.29. The van der Waals surface area contributed by atoms with Crippen molar-refractivity contribution in [2.45, 2.75) is 45.6 Å². The fourth-order valence-electron chi connectivity index (χ4n) is 2.01. The van der Waals surface area contributed by atoms with E-state index in [9.17, 15) is 13.8 Å². The van der Waals surface area contributed by atoms with Gasteiger partial charge in [0.25, 0.3) is 0 Å². The third-order valence-electron chi connectivity index (χ3n) is 3.42. The Morgan fingerprint density at radius 1 is 1.19 bits per heavy atom. The Bertz CT molecular complexity index is 567. The molecule has 0 aliphatic carbocycles. The van der Waals surface area contributed by atoms with Crippen molar-refractivity contribution in [2.24, 2.45) is 5.92 Å². The van der Waals surface area contributed by atoms with Gasteiger partial charge in [-0.3, -0.25) is 13.8 Å². The van der Waals surface area contributed by atoms with Crippen LogP contribution in [0.15, 0.2) is 23.1 Å². The first kappa shape index (κ1) is 17.6. The smallest absolute Gasteiger partial charge is 0.233 e. The van der Waals surface area contributed by atoms with Crippen LogP contribution >= 0.6 is 0 Å². The third-order valence-corrected chi connectivity index (χ3v) is 4.73. The number of aryl methyl sites for hydroxylation is 2. The maximum atomic E-state index is 12.2. The first-order valence-electron chi connectivity index (χ1n) is 6.97. The summed E-state index contributed by atoms with van der Waals surface area (Å²) >= 11 is 0. The summed E-state index contributed by atoms with van der Waals surface area (Å²) < 4.78 is 12.2. The Morgan fingerprint density at radius 2 is 1.81 bits per heavy atom. The van der Waals surface area contributed by atoms with E-state index < -0.39 is 16.8 Å². The lowest BCUT2D eigenvalue weighted by Crippen LogP contribution is -2.45. The molecule has 0 saturated carbocycles. The zero-order chi connectivity index (χ0) is 16.2. The largest absolute Gasteiger partial charge is 0.345 e. The van der Waals surface area contributed by atoms with E-state index in [1.54, 1.807) is 6.07 Å². The molecule has 1 N–H and O–H groups in total. The first-order chi connectivity index (χ1) is 9.72. The van der Waals surface area contributed by atoms with Crippen LogP contribution in [-0.4, -0.2) is 27.7 Å². The van der Waals surface area contributed by atoms with Gasteiger partial charge in [0.1, 0.15) is 5.75 Å². The van der Waals surface area contributed by atoms with Gasteiger partial charge in [-0.2, -0.15) is 0 Å². The van der Waals surface area contributed by atoms with Crippen molar-refractivity contribution in [3.63, 3.8) is 0 Å². The quantitative estimate of drug-likeness (QED) is 0.875. The minimum Gasteiger partial charge on any atom is -0.345 e. The molecule has 1 aromatic rings. The average Bonchev–Trinajstić information content (AvgIpc) is 2.38. The Morgan fingerprint density at radius 3 is 2.29 bits per heavy atom. The van der Waals surface area contributed by atoms with Gasteiger partial charge < -0.3 is 5.32 Å². The molecule has 5 heteroatoms. The molecule has 4 nitrogen and oxygen atoms in total. The van der Waals surface area contributed by atoms with Crippen LogP contribution in [0.5, 0.6) is 0 Å². The molecule has 0 spiro atoms. The zero-order valence-corrected chi connectivity index (χ0v) is 14.0. The second-order valence-electron chi connectivity index (χ2n) is 5.64. The number of hydrogen-bond donors (Lipinski definition) is 1. The summed E-state index contributed by atoms with van der Waals surface area (Å²) in [5, 5.41) is 2.66. The van der Waals surface area contributed by atoms with E-state index in [0.717, 1.165) is 11.1 Å². The number of ketones is 1. The molecule has 0 aromatic heterocycles. The fraction of sp³-hybridized carbons (Fsp3) is 0.500. The minimum absolute atomic E-state index is 0.0153. The zero-order valence-electron chi connectivity index (χ0n) is 13.2. The van der Waals surface area contributed by atoms with E-state index >= 15 is 0 Å². The summed E-state index contributed by atoms with van der Waals surface area (Å²) in [4.78, 5) is 24.0. The van der Waals surface area contributed by atoms with E-state index in [4.69, 9.17) is 0 Å². The molecule has 1 rings (SSSR count). The normalized spacial score (nSPS) is 13.8. The van der Waals surface area contributed by atoms with Crippen LogP contribution in [-0.2, 0) is 20.4 Å². The molecule has 21 heavy (non-hydrogen) atoms. The molecular formula is C16H23NO3S. The fourth-order valence-corrected chi connectivity index (χ4v) is 3.03. The average molecular weight is 309 g/mol. The maximum absolute atomic E-state index is 12.2. The lowest BCUT2D eigenvalue weighted by atomic mass is 10.0. The SMILES string of the molecule is CC(=O)C(NC(=O)CS(=O)c1ccc(C)c(C)c1)C(C)C. The number of hydrogen-bond acceptors (Lipinski definition) is 3. The summed E-state index contributed by atoms with van der Waals surface area (Å²) in [6, 6.07) is 4.99. The van der Waals surface area contributed by atoms with Crippen LogP contribution in [0.4, 0.5) is 0 Å². The standard InChI is InChI=1S/C16H23NO3S/c1-10(2)16(13(5)18)17-15(19)9-21(20)14-7-6-11(3)12(4)8-14/h6-8,10,16H,9H2,1-5H3,(H,17,19). The molecule has 0 aliphatic rings. The summed E-state index contributed by atoms with van der Waals surface area (Å²) in [7, 11) is -1.40. The Kier molecular flexibility index (Phi) is 6.27. The lowest BCUT2D eigenvalue weighted by molar-refractivity contribution is -0.126. The molecule has 0 fully saturated rings. The van der Waals surface area contributed by atoms with Gasteiger partial charge in [-0.15, -0.1) is 0 Å². The van der Waals surface area contributed by atoms with E-state index in [-0.39, 0.29) is 23.4 Å². The molecular weight excluding hydrogens is 286 g/mol. The van der Waals surface area contributed by atoms with Crippen LogP contribution in [0.1, 0.15) is 31.9 Å². The van der Waals surface area contributed by atoms with Gasteiger partial charge in [-0.25, -0.2) is 0 Å². The third kappa shape index (κ3) is 5.08. The van der Waals surface area contributed by atoms with Crippen molar-refractivity contribution in [3.8, 4) is 0 Å². The van der Waals surface area contributed by atoms with E-state index in [1.807, 2.05) is 39.8 Å². The Balaban J connectivity index is 2.71. The predicted molar refractivity (Wildman–Crippen MR) is 84.6 cm³/mol. The number of nitrogens with one attached hydrogen (secondary N) is 1. The highest BCUT2D eigenvalue weighted by atomic mass is 32.2. The van der Waals surface area contributed by atoms with Crippen molar-refractivity contribution < 1.29 is 13.8 Å². The van der Waals surface area contributed by atoms with Crippen LogP contribution in [0.25, 0.3) is 0 Å². The minimum atomic E-state index is -1.40. The van der Waals surface area contributed by atoms with Crippen LogP contribution in [0.2, 0.25) is 0 Å². The van der Waals surface area contributed by atoms with Gasteiger partial charge in [-0.05, 0) is 49.9 Å². The second-order valence-corrected chi connectivity index (χ2v) is 7.09. The van der Waals surface area contributed by atoms with Crippen molar-refractivity contribution in [3.05, 3.63) is 29.3 Å². The molecule has 0 saturated heterocycles. The van der Waals surface area contributed by atoms with E-state index in [1.165, 1.54) is 6.92 Å². The van der Waals surface area contributed by atoms with Crippen LogP contribution < -0.4 is 5.32 Å². The summed E-state index contributed by atoms with van der Waals surface area (Å²) in [5.74, 6) is -0.559. The molecule has 116 valence electrons. The molecule has 0 aliphatic heterocycles. The van der Waals surface area contributed by atoms with Crippen molar-refractivity contribution >= 4 is 22.5 Å². The van der Waals surface area contributed by atoms with Crippen molar-refractivity contribution in [2.75, 3.05) is 5.75 Å². The van der Waals surface area contributed by atoms with Crippen LogP contribution in [0.3, 0.4) is 0 Å². The van der Waals surface area contributed by atoms with Crippen molar-refractivity contribution in [1.29, 1.82) is 0 Å². The van der Waals surface area contributed by atoms with Gasteiger partial charge in [0.05, 0.1) is 16.8 Å². The predicted octanol–water partition coefficient (Wildman–Crippen LogP) is 2.14. The number of amides is 1. The molecule has 1 amide bonds. The highest BCUT2D eigenvalue weighted by molar-refractivity contribution is 7.85. The molecule has 1 aromatic carbocycles. The van der Waals surface area contributed by atoms with Gasteiger partial charge >= 0.3 is 0 Å². The van der Waals surface area contributed by atoms with E-state index in [2.05, 4.69) is 5.32 Å². The number of rotatable bonds is 6. The second kappa shape index (κ2) is 7.50. The van der Waals surface area contributed by atoms with Gasteiger partial charge in [0, 0.05) is 4.90 Å². The number of Topliss-reactive ketones (excluding diaryl/α,β-unsaturated/α-hetero) is 1. The van der Waals surface area contributed by atoms with Gasteiger partial charge in [0.15, 0.2) is 5.78 Å². The monoisotopic (exact) mass is 309 g/mol.